The predicted octanol–water partition coefficient (Wildman–Crippen LogP) is 1.86. The van der Waals surface area contributed by atoms with Gasteiger partial charge >= 0.3 is 12.0 Å². The zero-order chi connectivity index (χ0) is 19.6. The van der Waals surface area contributed by atoms with Gasteiger partial charge in [0.1, 0.15) is 6.04 Å². The van der Waals surface area contributed by atoms with Crippen molar-refractivity contribution in [3.8, 4) is 0 Å². The van der Waals surface area contributed by atoms with Crippen molar-refractivity contribution in [2.45, 2.75) is 46.2 Å². The number of hydrogen-bond donors (Lipinski definition) is 2. The van der Waals surface area contributed by atoms with Gasteiger partial charge in [0, 0.05) is 5.54 Å². The van der Waals surface area contributed by atoms with E-state index in [2.05, 4.69) is 10.6 Å². The molecule has 1 heterocycles. The summed E-state index contributed by atoms with van der Waals surface area (Å²) in [6, 6.07) is 4.63. The Hall–Kier alpha value is -2.90. The average Bonchev–Trinajstić information content (AvgIpc) is 2.76. The Balaban J connectivity index is 2.10. The number of imide groups is 1. The maximum Gasteiger partial charge on any atom is 0.355 e. The zero-order valence-corrected chi connectivity index (χ0v) is 15.5. The van der Waals surface area contributed by atoms with Crippen LogP contribution in [-0.2, 0) is 9.63 Å². The molecule has 0 fully saturated rings. The van der Waals surface area contributed by atoms with Crippen molar-refractivity contribution in [3.05, 3.63) is 35.4 Å². The summed E-state index contributed by atoms with van der Waals surface area (Å²) in [6.07, 6.45) is 0. The van der Waals surface area contributed by atoms with Gasteiger partial charge in [0.05, 0.1) is 11.1 Å². The van der Waals surface area contributed by atoms with Crippen LogP contribution in [0.25, 0.3) is 0 Å². The molecule has 0 saturated heterocycles. The highest BCUT2D eigenvalue weighted by Crippen LogP contribution is 2.23. The maximum atomic E-state index is 12.5. The van der Waals surface area contributed by atoms with Crippen molar-refractivity contribution in [3.63, 3.8) is 0 Å². The lowest BCUT2D eigenvalue weighted by molar-refractivity contribution is -0.172. The molecule has 0 unspecified atom stereocenters. The average molecular weight is 361 g/mol. The van der Waals surface area contributed by atoms with E-state index in [-0.39, 0.29) is 17.0 Å². The van der Waals surface area contributed by atoms with Crippen LogP contribution in [0.3, 0.4) is 0 Å². The summed E-state index contributed by atoms with van der Waals surface area (Å²) in [6.45, 7) is 8.83. The molecule has 0 spiro atoms. The minimum Gasteiger partial charge on any atom is -0.334 e. The predicted molar refractivity (Wildman–Crippen MR) is 93.1 cm³/mol. The van der Waals surface area contributed by atoms with Crippen LogP contribution in [0.2, 0.25) is 0 Å². The fraction of sp³-hybridized carbons (Fsp3) is 0.444. The van der Waals surface area contributed by atoms with Crippen LogP contribution < -0.4 is 10.6 Å². The van der Waals surface area contributed by atoms with E-state index < -0.39 is 35.4 Å². The molecular formula is C18H23N3O5. The second-order valence-electron chi connectivity index (χ2n) is 7.43. The molecule has 0 aromatic heterocycles. The minimum absolute atomic E-state index is 0.171. The second kappa shape index (κ2) is 7.15. The highest BCUT2D eigenvalue weighted by molar-refractivity contribution is 6.20. The fourth-order valence-corrected chi connectivity index (χ4v) is 2.41. The lowest BCUT2D eigenvalue weighted by Gasteiger charge is -2.26. The smallest absolute Gasteiger partial charge is 0.334 e. The normalized spacial score (nSPS) is 14.9. The fourth-order valence-electron chi connectivity index (χ4n) is 2.41. The molecule has 8 nitrogen and oxygen atoms in total. The molecule has 2 rings (SSSR count). The first-order valence-corrected chi connectivity index (χ1v) is 8.29. The number of urea groups is 1. The number of hydrogen-bond acceptors (Lipinski definition) is 5. The highest BCUT2D eigenvalue weighted by Gasteiger charge is 2.40. The van der Waals surface area contributed by atoms with Crippen molar-refractivity contribution >= 4 is 23.8 Å². The molecule has 1 aliphatic rings. The number of benzene rings is 1. The van der Waals surface area contributed by atoms with Gasteiger partial charge < -0.3 is 15.5 Å². The highest BCUT2D eigenvalue weighted by atomic mass is 16.7. The maximum absolute atomic E-state index is 12.5. The molecule has 4 amide bonds. The lowest BCUT2D eigenvalue weighted by atomic mass is 10.0. The Labute approximate surface area is 151 Å². The molecule has 1 aromatic rings. The molecule has 8 heteroatoms. The van der Waals surface area contributed by atoms with Crippen molar-refractivity contribution in [1.29, 1.82) is 0 Å². The van der Waals surface area contributed by atoms with Gasteiger partial charge in [-0.05, 0) is 38.8 Å². The summed E-state index contributed by atoms with van der Waals surface area (Å²) in [5.74, 6) is -2.62. The SMILES string of the molecule is CC(C)[C@H](NC(=O)NC(C)(C)C)C(=O)ON1C(=O)c2ccccc2C1=O. The van der Waals surface area contributed by atoms with Gasteiger partial charge in [-0.1, -0.05) is 31.0 Å². The molecule has 140 valence electrons. The number of hydroxylamine groups is 2. The van der Waals surface area contributed by atoms with Crippen LogP contribution in [0.1, 0.15) is 55.3 Å². The third-order valence-electron chi connectivity index (χ3n) is 3.63. The number of nitrogens with zero attached hydrogens (tertiary/aromatic N) is 1. The van der Waals surface area contributed by atoms with Crippen LogP contribution in [-0.4, -0.2) is 40.5 Å². The largest absolute Gasteiger partial charge is 0.355 e. The van der Waals surface area contributed by atoms with Gasteiger partial charge in [0.25, 0.3) is 11.8 Å². The van der Waals surface area contributed by atoms with E-state index in [0.717, 1.165) is 0 Å². The molecule has 0 aliphatic carbocycles. The topological polar surface area (TPSA) is 105 Å². The minimum atomic E-state index is -1.03. The van der Waals surface area contributed by atoms with Crippen molar-refractivity contribution < 1.29 is 24.0 Å². The number of rotatable bonds is 4. The molecule has 26 heavy (non-hydrogen) atoms. The number of amides is 4. The van der Waals surface area contributed by atoms with Gasteiger partial charge in [-0.2, -0.15) is 0 Å². The Bertz CT molecular complexity index is 716. The number of carbonyl (C=O) groups excluding carboxylic acids is 4. The molecule has 1 aromatic carbocycles. The Morgan fingerprint density at radius 1 is 1.04 bits per heavy atom. The van der Waals surface area contributed by atoms with Gasteiger partial charge in [0.15, 0.2) is 0 Å². The summed E-state index contributed by atoms with van der Waals surface area (Å²) >= 11 is 0. The van der Waals surface area contributed by atoms with Crippen LogP contribution in [0.4, 0.5) is 4.79 Å². The van der Waals surface area contributed by atoms with Gasteiger partial charge in [-0.15, -0.1) is 0 Å². The number of carbonyl (C=O) groups is 4. The zero-order valence-electron chi connectivity index (χ0n) is 15.5. The van der Waals surface area contributed by atoms with Crippen molar-refractivity contribution in [1.82, 2.24) is 15.7 Å². The van der Waals surface area contributed by atoms with E-state index in [1.54, 1.807) is 46.8 Å². The molecule has 2 N–H and O–H groups in total. The van der Waals surface area contributed by atoms with E-state index in [4.69, 9.17) is 4.84 Å². The monoisotopic (exact) mass is 361 g/mol. The van der Waals surface area contributed by atoms with Gasteiger partial charge in [-0.25, -0.2) is 9.59 Å². The van der Waals surface area contributed by atoms with E-state index >= 15 is 0 Å². The van der Waals surface area contributed by atoms with Gasteiger partial charge in [-0.3, -0.25) is 9.59 Å². The Morgan fingerprint density at radius 3 is 1.96 bits per heavy atom. The first kappa shape index (κ1) is 19.4. The quantitative estimate of drug-likeness (QED) is 0.797. The summed E-state index contributed by atoms with van der Waals surface area (Å²) in [7, 11) is 0. The van der Waals surface area contributed by atoms with Crippen LogP contribution in [0.15, 0.2) is 24.3 Å². The van der Waals surface area contributed by atoms with E-state index in [1.807, 2.05) is 0 Å². The molecule has 1 atom stereocenters. The van der Waals surface area contributed by atoms with Crippen LogP contribution in [0, 0.1) is 5.92 Å². The van der Waals surface area contributed by atoms with Crippen LogP contribution >= 0.6 is 0 Å². The van der Waals surface area contributed by atoms with E-state index in [1.165, 1.54) is 12.1 Å². The summed E-state index contributed by atoms with van der Waals surface area (Å²) in [5, 5.41) is 5.64. The summed E-state index contributed by atoms with van der Waals surface area (Å²) in [5.41, 5.74) is -0.146. The number of fused-ring (bicyclic) bond motifs is 1. The third kappa shape index (κ3) is 4.19. The summed E-state index contributed by atoms with van der Waals surface area (Å²) in [4.78, 5) is 54.1. The van der Waals surface area contributed by atoms with Crippen molar-refractivity contribution in [2.75, 3.05) is 0 Å². The Kier molecular flexibility index (Phi) is 5.34. The second-order valence-corrected chi connectivity index (χ2v) is 7.43. The molecule has 0 radical (unpaired) electrons. The first-order valence-electron chi connectivity index (χ1n) is 8.29. The van der Waals surface area contributed by atoms with Crippen molar-refractivity contribution in [2.24, 2.45) is 5.92 Å². The van der Waals surface area contributed by atoms with E-state index in [0.29, 0.717) is 5.06 Å². The van der Waals surface area contributed by atoms with E-state index in [9.17, 15) is 19.2 Å². The first-order chi connectivity index (χ1) is 12.0. The molecule has 0 bridgehead atoms. The summed E-state index contributed by atoms with van der Waals surface area (Å²) < 4.78 is 0. The standard InChI is InChI=1S/C18H23N3O5/c1-10(2)13(19-17(25)20-18(3,4)5)16(24)26-21-14(22)11-8-6-7-9-12(11)15(21)23/h6-10,13H,1-5H3,(H2,19,20,25)/t13-/m0/s1. The number of nitrogens with one attached hydrogen (secondary N) is 2. The third-order valence-corrected chi connectivity index (χ3v) is 3.63. The molecule has 0 saturated carbocycles. The van der Waals surface area contributed by atoms with Gasteiger partial charge in [0.2, 0.25) is 0 Å². The molecular weight excluding hydrogens is 338 g/mol. The molecule has 1 aliphatic heterocycles. The van der Waals surface area contributed by atoms with Crippen LogP contribution in [0.5, 0.6) is 0 Å². The lowest BCUT2D eigenvalue weighted by Crippen LogP contribution is -2.54. The Morgan fingerprint density at radius 2 is 1.54 bits per heavy atom.